The summed E-state index contributed by atoms with van der Waals surface area (Å²) in [4.78, 5) is 0. The normalized spacial score (nSPS) is 35.0. The van der Waals surface area contributed by atoms with E-state index in [9.17, 15) is 0 Å². The first-order valence-electron chi connectivity index (χ1n) is 6.46. The van der Waals surface area contributed by atoms with Gasteiger partial charge in [0.2, 0.25) is 0 Å². The Hall–Kier alpha value is -0.0800. The fourth-order valence-electron chi connectivity index (χ4n) is 2.64. The SMILES string of the molecule is CC(N)[N+]1(C)CCCCC(C)(C)CCC1. The average molecular weight is 213 g/mol. The Morgan fingerprint density at radius 1 is 1.07 bits per heavy atom. The van der Waals surface area contributed by atoms with Crippen molar-refractivity contribution in [1.29, 1.82) is 0 Å². The van der Waals surface area contributed by atoms with Gasteiger partial charge in [0.15, 0.2) is 0 Å². The molecule has 1 aliphatic rings. The zero-order valence-corrected chi connectivity index (χ0v) is 11.1. The van der Waals surface area contributed by atoms with Crippen LogP contribution in [-0.2, 0) is 0 Å². The van der Waals surface area contributed by atoms with Crippen molar-refractivity contribution in [2.75, 3.05) is 20.1 Å². The molecule has 0 aromatic heterocycles. The van der Waals surface area contributed by atoms with E-state index in [4.69, 9.17) is 5.73 Å². The van der Waals surface area contributed by atoms with E-state index in [0.29, 0.717) is 5.41 Å². The van der Waals surface area contributed by atoms with Crippen molar-refractivity contribution in [1.82, 2.24) is 0 Å². The molecule has 1 aliphatic heterocycles. The van der Waals surface area contributed by atoms with Gasteiger partial charge < -0.3 is 4.48 Å². The fraction of sp³-hybridized carbons (Fsp3) is 1.00. The molecule has 0 amide bonds. The molecule has 0 saturated carbocycles. The highest BCUT2D eigenvalue weighted by Gasteiger charge is 2.29. The first kappa shape index (κ1) is 13.0. The van der Waals surface area contributed by atoms with Crippen LogP contribution in [0.5, 0.6) is 0 Å². The minimum atomic E-state index is 0.284. The minimum Gasteiger partial charge on any atom is -0.312 e. The summed E-state index contributed by atoms with van der Waals surface area (Å²) in [6.07, 6.45) is 7.05. The minimum absolute atomic E-state index is 0.284. The maximum atomic E-state index is 6.11. The standard InChI is InChI=1S/C13H29N2/c1-12(14)15(4)10-6-5-8-13(2,3)9-7-11-15/h12H,5-11,14H2,1-4H3/q+1. The van der Waals surface area contributed by atoms with Crippen molar-refractivity contribution in [3.05, 3.63) is 0 Å². The lowest BCUT2D eigenvalue weighted by Gasteiger charge is -2.38. The van der Waals surface area contributed by atoms with Gasteiger partial charge in [-0.3, -0.25) is 5.73 Å². The predicted molar refractivity (Wildman–Crippen MR) is 66.4 cm³/mol. The second-order valence-corrected chi connectivity index (χ2v) is 6.39. The molecular weight excluding hydrogens is 184 g/mol. The summed E-state index contributed by atoms with van der Waals surface area (Å²) in [7, 11) is 2.32. The third kappa shape index (κ3) is 3.76. The van der Waals surface area contributed by atoms with E-state index in [2.05, 4.69) is 27.8 Å². The predicted octanol–water partition coefficient (Wildman–Crippen LogP) is 2.73. The van der Waals surface area contributed by atoms with Gasteiger partial charge >= 0.3 is 0 Å². The molecule has 1 heterocycles. The Labute approximate surface area is 95.4 Å². The molecule has 2 N–H and O–H groups in total. The van der Waals surface area contributed by atoms with E-state index in [1.54, 1.807) is 0 Å². The fourth-order valence-corrected chi connectivity index (χ4v) is 2.64. The third-order valence-corrected chi connectivity index (χ3v) is 4.28. The van der Waals surface area contributed by atoms with Gasteiger partial charge in [-0.05, 0) is 37.5 Å². The highest BCUT2D eigenvalue weighted by atomic mass is 15.4. The van der Waals surface area contributed by atoms with E-state index in [1.807, 2.05) is 0 Å². The molecule has 2 unspecified atom stereocenters. The van der Waals surface area contributed by atoms with E-state index in [-0.39, 0.29) is 6.17 Å². The van der Waals surface area contributed by atoms with Crippen LogP contribution in [0.3, 0.4) is 0 Å². The van der Waals surface area contributed by atoms with Crippen LogP contribution < -0.4 is 5.73 Å². The van der Waals surface area contributed by atoms with Crippen LogP contribution in [0.15, 0.2) is 0 Å². The Morgan fingerprint density at radius 2 is 1.60 bits per heavy atom. The van der Waals surface area contributed by atoms with Crippen LogP contribution in [-0.4, -0.2) is 30.8 Å². The van der Waals surface area contributed by atoms with Crippen molar-refractivity contribution in [3.8, 4) is 0 Å². The lowest BCUT2D eigenvalue weighted by atomic mass is 9.83. The Morgan fingerprint density at radius 3 is 2.20 bits per heavy atom. The van der Waals surface area contributed by atoms with Crippen LogP contribution >= 0.6 is 0 Å². The highest BCUT2D eigenvalue weighted by molar-refractivity contribution is 4.70. The summed E-state index contributed by atoms with van der Waals surface area (Å²) in [5, 5.41) is 0. The molecule has 1 rings (SSSR count). The summed E-state index contributed by atoms with van der Waals surface area (Å²) < 4.78 is 1.07. The zero-order valence-electron chi connectivity index (χ0n) is 11.1. The summed E-state index contributed by atoms with van der Waals surface area (Å²) in [6.45, 7) is 9.49. The van der Waals surface area contributed by atoms with Gasteiger partial charge in [-0.1, -0.05) is 13.8 Å². The third-order valence-electron chi connectivity index (χ3n) is 4.28. The van der Waals surface area contributed by atoms with E-state index in [1.165, 1.54) is 45.2 Å². The summed E-state index contributed by atoms with van der Waals surface area (Å²) >= 11 is 0. The van der Waals surface area contributed by atoms with Crippen LogP contribution in [0.4, 0.5) is 0 Å². The Balaban J connectivity index is 2.60. The zero-order chi connectivity index (χ0) is 11.5. The van der Waals surface area contributed by atoms with E-state index < -0.39 is 0 Å². The van der Waals surface area contributed by atoms with Gasteiger partial charge in [0.05, 0.1) is 20.1 Å². The molecule has 2 atom stereocenters. The number of rotatable bonds is 1. The van der Waals surface area contributed by atoms with Crippen LogP contribution in [0.1, 0.15) is 52.9 Å². The molecule has 0 aromatic carbocycles. The number of nitrogens with two attached hydrogens (primary N) is 1. The van der Waals surface area contributed by atoms with Crippen molar-refractivity contribution in [2.24, 2.45) is 11.1 Å². The Bertz CT molecular complexity index is 199. The van der Waals surface area contributed by atoms with Crippen LogP contribution in [0.25, 0.3) is 0 Å². The number of quaternary nitrogens is 1. The lowest BCUT2D eigenvalue weighted by molar-refractivity contribution is -0.931. The van der Waals surface area contributed by atoms with Gasteiger partial charge in [-0.25, -0.2) is 0 Å². The maximum Gasteiger partial charge on any atom is 0.137 e. The smallest absolute Gasteiger partial charge is 0.137 e. The van der Waals surface area contributed by atoms with E-state index >= 15 is 0 Å². The van der Waals surface area contributed by atoms with Crippen molar-refractivity contribution in [2.45, 2.75) is 59.0 Å². The molecule has 0 radical (unpaired) electrons. The second kappa shape index (κ2) is 4.84. The molecule has 1 fully saturated rings. The summed E-state index contributed by atoms with van der Waals surface area (Å²) in [5.41, 5.74) is 6.66. The molecular formula is C13H29N2+. The summed E-state index contributed by atoms with van der Waals surface area (Å²) in [6, 6.07) is 0. The highest BCUT2D eigenvalue weighted by Crippen LogP contribution is 2.31. The topological polar surface area (TPSA) is 26.0 Å². The first-order valence-corrected chi connectivity index (χ1v) is 6.46. The monoisotopic (exact) mass is 213 g/mol. The molecule has 2 heteroatoms. The van der Waals surface area contributed by atoms with Gasteiger partial charge in [0, 0.05) is 6.92 Å². The van der Waals surface area contributed by atoms with Gasteiger partial charge in [0.1, 0.15) is 6.17 Å². The molecule has 15 heavy (non-hydrogen) atoms. The Kier molecular flexibility index (Phi) is 4.19. The average Bonchev–Trinajstić information content (AvgIpc) is 2.17. The number of nitrogens with zero attached hydrogens (tertiary/aromatic N) is 1. The van der Waals surface area contributed by atoms with Crippen molar-refractivity contribution in [3.63, 3.8) is 0 Å². The van der Waals surface area contributed by atoms with Gasteiger partial charge in [-0.15, -0.1) is 0 Å². The molecule has 0 spiro atoms. The first-order chi connectivity index (χ1) is 6.86. The van der Waals surface area contributed by atoms with Crippen LogP contribution in [0.2, 0.25) is 0 Å². The molecule has 0 aromatic rings. The van der Waals surface area contributed by atoms with Gasteiger partial charge in [0.25, 0.3) is 0 Å². The maximum absolute atomic E-state index is 6.11. The summed E-state index contributed by atoms with van der Waals surface area (Å²) in [5.74, 6) is 0. The quantitative estimate of drug-likeness (QED) is 0.666. The van der Waals surface area contributed by atoms with Crippen molar-refractivity contribution >= 4 is 0 Å². The van der Waals surface area contributed by atoms with Gasteiger partial charge in [-0.2, -0.15) is 0 Å². The second-order valence-electron chi connectivity index (χ2n) is 6.39. The lowest BCUT2D eigenvalue weighted by Crippen LogP contribution is -2.56. The molecule has 2 nitrogen and oxygen atoms in total. The number of hydrogen-bond acceptors (Lipinski definition) is 1. The van der Waals surface area contributed by atoms with E-state index in [0.717, 1.165) is 4.48 Å². The van der Waals surface area contributed by atoms with Crippen molar-refractivity contribution < 1.29 is 4.48 Å². The molecule has 90 valence electrons. The molecule has 0 bridgehead atoms. The number of hydrogen-bond donors (Lipinski definition) is 1. The molecule has 1 saturated heterocycles. The largest absolute Gasteiger partial charge is 0.312 e. The van der Waals surface area contributed by atoms with Crippen LogP contribution in [0, 0.1) is 5.41 Å². The molecule has 0 aliphatic carbocycles.